The molecular weight excluding hydrogens is 332 g/mol. The molecule has 0 spiro atoms. The molecule has 1 amide bonds. The molecule has 0 aliphatic carbocycles. The molecule has 9 heteroatoms. The first-order chi connectivity index (χ1) is 11.0. The van der Waals surface area contributed by atoms with Crippen LogP contribution in [0.3, 0.4) is 0 Å². The van der Waals surface area contributed by atoms with E-state index >= 15 is 0 Å². The molecule has 0 fully saturated rings. The van der Waals surface area contributed by atoms with Gasteiger partial charge >= 0.3 is 0 Å². The quantitative estimate of drug-likeness (QED) is 0.561. The van der Waals surface area contributed by atoms with Crippen molar-refractivity contribution in [1.29, 1.82) is 0 Å². The number of nitrogens with zero attached hydrogens (tertiary/aromatic N) is 4. The van der Waals surface area contributed by atoms with Crippen molar-refractivity contribution in [3.8, 4) is 0 Å². The average molecular weight is 352 g/mol. The summed E-state index contributed by atoms with van der Waals surface area (Å²) >= 11 is 2.80. The van der Waals surface area contributed by atoms with Gasteiger partial charge in [-0.05, 0) is 20.8 Å². The maximum Gasteiger partial charge on any atom is 0.238 e. The molecule has 1 atom stereocenters. The summed E-state index contributed by atoms with van der Waals surface area (Å²) in [7, 11) is 0. The SMILES string of the molecule is C=CCNc1nnc(S[C@H](C)C(=O)Nc2ccnn2C(C)C)s1. The Bertz CT molecular complexity index is 666. The molecule has 2 rings (SSSR count). The average Bonchev–Trinajstić information content (AvgIpc) is 3.14. The third-order valence-corrected chi connectivity index (χ3v) is 4.93. The van der Waals surface area contributed by atoms with Crippen LogP contribution in [0, 0.1) is 0 Å². The molecule has 2 aromatic heterocycles. The molecule has 2 heterocycles. The van der Waals surface area contributed by atoms with Crippen LogP contribution in [-0.4, -0.2) is 37.7 Å². The molecule has 0 aliphatic rings. The van der Waals surface area contributed by atoms with Crippen molar-refractivity contribution >= 4 is 40.0 Å². The van der Waals surface area contributed by atoms with E-state index in [2.05, 4.69) is 32.5 Å². The third kappa shape index (κ3) is 4.80. The number of nitrogens with one attached hydrogen (secondary N) is 2. The molecule has 0 saturated carbocycles. The molecule has 0 bridgehead atoms. The van der Waals surface area contributed by atoms with Crippen LogP contribution >= 0.6 is 23.1 Å². The van der Waals surface area contributed by atoms with Gasteiger partial charge in [0.1, 0.15) is 5.82 Å². The summed E-state index contributed by atoms with van der Waals surface area (Å²) in [4.78, 5) is 12.3. The Labute approximate surface area is 143 Å². The van der Waals surface area contributed by atoms with E-state index in [-0.39, 0.29) is 17.2 Å². The Kier molecular flexibility index (Phi) is 6.17. The standard InChI is InChI=1S/C14H20N6OS2/c1-5-7-15-13-18-19-14(23-13)22-10(4)12(21)17-11-6-8-16-20(11)9(2)3/h5-6,8-10H,1,7H2,2-4H3,(H,15,18)(H,17,21)/t10-/m1/s1. The molecule has 7 nitrogen and oxygen atoms in total. The second-order valence-corrected chi connectivity index (χ2v) is 7.61. The number of rotatable bonds is 8. The molecule has 0 saturated heterocycles. The maximum atomic E-state index is 12.3. The van der Waals surface area contributed by atoms with E-state index in [1.54, 1.807) is 23.0 Å². The summed E-state index contributed by atoms with van der Waals surface area (Å²) in [5.41, 5.74) is 0. The highest BCUT2D eigenvalue weighted by atomic mass is 32.2. The van der Waals surface area contributed by atoms with Crippen LogP contribution in [0.5, 0.6) is 0 Å². The van der Waals surface area contributed by atoms with Crippen LogP contribution < -0.4 is 10.6 Å². The summed E-state index contributed by atoms with van der Waals surface area (Å²) in [6.45, 7) is 10.1. The van der Waals surface area contributed by atoms with Crippen LogP contribution in [0.25, 0.3) is 0 Å². The van der Waals surface area contributed by atoms with Gasteiger partial charge < -0.3 is 10.6 Å². The fraction of sp³-hybridized carbons (Fsp3) is 0.429. The van der Waals surface area contributed by atoms with E-state index in [1.165, 1.54) is 23.1 Å². The van der Waals surface area contributed by atoms with Crippen LogP contribution in [0.2, 0.25) is 0 Å². The zero-order chi connectivity index (χ0) is 16.8. The topological polar surface area (TPSA) is 84.7 Å². The molecule has 0 radical (unpaired) electrons. The highest BCUT2D eigenvalue weighted by Gasteiger charge is 2.19. The molecule has 2 N–H and O–H groups in total. The Balaban J connectivity index is 1.93. The van der Waals surface area contributed by atoms with Crippen molar-refractivity contribution in [3.05, 3.63) is 24.9 Å². The van der Waals surface area contributed by atoms with Crippen LogP contribution in [0.15, 0.2) is 29.3 Å². The van der Waals surface area contributed by atoms with E-state index in [9.17, 15) is 4.79 Å². The minimum atomic E-state index is -0.286. The van der Waals surface area contributed by atoms with Gasteiger partial charge in [0.25, 0.3) is 0 Å². The Hall–Kier alpha value is -1.87. The second kappa shape index (κ2) is 8.11. The molecule has 0 unspecified atom stereocenters. The lowest BCUT2D eigenvalue weighted by molar-refractivity contribution is -0.115. The van der Waals surface area contributed by atoms with E-state index in [0.717, 1.165) is 9.47 Å². The van der Waals surface area contributed by atoms with Gasteiger partial charge in [0, 0.05) is 18.7 Å². The minimum Gasteiger partial charge on any atom is -0.357 e. The van der Waals surface area contributed by atoms with E-state index in [1.807, 2.05) is 20.8 Å². The predicted octanol–water partition coefficient (Wildman–Crippen LogP) is 3.03. The lowest BCUT2D eigenvalue weighted by Gasteiger charge is -2.14. The molecule has 0 aromatic carbocycles. The Morgan fingerprint density at radius 3 is 2.96 bits per heavy atom. The number of carbonyl (C=O) groups is 1. The van der Waals surface area contributed by atoms with Crippen molar-refractivity contribution in [1.82, 2.24) is 20.0 Å². The zero-order valence-electron chi connectivity index (χ0n) is 13.3. The van der Waals surface area contributed by atoms with Crippen LogP contribution in [0.4, 0.5) is 10.9 Å². The number of hydrogen-bond acceptors (Lipinski definition) is 7. The second-order valence-electron chi connectivity index (χ2n) is 5.05. The number of amides is 1. The first-order valence-corrected chi connectivity index (χ1v) is 8.90. The summed E-state index contributed by atoms with van der Waals surface area (Å²) in [6, 6.07) is 1.97. The van der Waals surface area contributed by atoms with Crippen LogP contribution in [0.1, 0.15) is 26.8 Å². The van der Waals surface area contributed by atoms with Gasteiger partial charge in [-0.25, -0.2) is 4.68 Å². The summed E-state index contributed by atoms with van der Waals surface area (Å²) < 4.78 is 2.52. The lowest BCUT2D eigenvalue weighted by Crippen LogP contribution is -2.24. The fourth-order valence-corrected chi connectivity index (χ4v) is 3.65. The zero-order valence-corrected chi connectivity index (χ0v) is 14.9. The van der Waals surface area contributed by atoms with Crippen LogP contribution in [-0.2, 0) is 4.79 Å². The maximum absolute atomic E-state index is 12.3. The molecular formula is C14H20N6OS2. The van der Waals surface area contributed by atoms with Crippen molar-refractivity contribution in [2.75, 3.05) is 17.2 Å². The molecule has 23 heavy (non-hydrogen) atoms. The van der Waals surface area contributed by atoms with Gasteiger partial charge in [-0.15, -0.1) is 16.8 Å². The summed E-state index contributed by atoms with van der Waals surface area (Å²) in [5, 5.41) is 18.7. The van der Waals surface area contributed by atoms with Gasteiger partial charge in [0.2, 0.25) is 11.0 Å². The van der Waals surface area contributed by atoms with Crippen molar-refractivity contribution < 1.29 is 4.79 Å². The van der Waals surface area contributed by atoms with E-state index < -0.39 is 0 Å². The summed E-state index contributed by atoms with van der Waals surface area (Å²) in [6.07, 6.45) is 3.43. The molecule has 0 aliphatic heterocycles. The van der Waals surface area contributed by atoms with E-state index in [4.69, 9.17) is 0 Å². The van der Waals surface area contributed by atoms with Crippen molar-refractivity contribution in [2.45, 2.75) is 36.4 Å². The lowest BCUT2D eigenvalue weighted by atomic mass is 10.4. The highest BCUT2D eigenvalue weighted by Crippen LogP contribution is 2.29. The number of anilines is 2. The molecule has 124 valence electrons. The van der Waals surface area contributed by atoms with E-state index in [0.29, 0.717) is 12.4 Å². The first-order valence-electron chi connectivity index (χ1n) is 7.20. The van der Waals surface area contributed by atoms with Gasteiger partial charge in [0.15, 0.2) is 4.34 Å². The van der Waals surface area contributed by atoms with Crippen molar-refractivity contribution in [3.63, 3.8) is 0 Å². The number of carbonyl (C=O) groups excluding carboxylic acids is 1. The number of hydrogen-bond donors (Lipinski definition) is 2. The monoisotopic (exact) mass is 352 g/mol. The molecule has 2 aromatic rings. The van der Waals surface area contributed by atoms with Gasteiger partial charge in [-0.3, -0.25) is 4.79 Å². The summed E-state index contributed by atoms with van der Waals surface area (Å²) in [5.74, 6) is 0.608. The highest BCUT2D eigenvalue weighted by molar-refractivity contribution is 8.02. The predicted molar refractivity (Wildman–Crippen MR) is 95.2 cm³/mol. The Morgan fingerprint density at radius 1 is 1.48 bits per heavy atom. The largest absolute Gasteiger partial charge is 0.357 e. The first kappa shape index (κ1) is 17.5. The van der Waals surface area contributed by atoms with Gasteiger partial charge in [-0.2, -0.15) is 5.10 Å². The fourth-order valence-electron chi connectivity index (χ4n) is 1.75. The number of thioether (sulfide) groups is 1. The third-order valence-electron chi connectivity index (χ3n) is 2.86. The number of aromatic nitrogens is 4. The van der Waals surface area contributed by atoms with Gasteiger partial charge in [-0.1, -0.05) is 29.2 Å². The minimum absolute atomic E-state index is 0.0896. The normalized spacial score (nSPS) is 12.2. The smallest absolute Gasteiger partial charge is 0.238 e. The Morgan fingerprint density at radius 2 is 2.26 bits per heavy atom. The van der Waals surface area contributed by atoms with Gasteiger partial charge in [0.05, 0.1) is 11.4 Å². The van der Waals surface area contributed by atoms with Crippen molar-refractivity contribution in [2.24, 2.45) is 0 Å².